The van der Waals surface area contributed by atoms with Gasteiger partial charge in [0.15, 0.2) is 0 Å². The van der Waals surface area contributed by atoms with Crippen LogP contribution < -0.4 is 5.32 Å². The predicted octanol–water partition coefficient (Wildman–Crippen LogP) is 0.152. The van der Waals surface area contributed by atoms with E-state index in [-0.39, 0.29) is 6.04 Å². The number of unbranched alkanes of at least 4 members (excludes halogenated alkanes) is 5. The van der Waals surface area contributed by atoms with Crippen molar-refractivity contribution in [1.29, 1.82) is 0 Å². The Morgan fingerprint density at radius 2 is 1.63 bits per heavy atom. The Labute approximate surface area is 115 Å². The van der Waals surface area contributed by atoms with Gasteiger partial charge in [-0.25, -0.2) is 0 Å². The molecule has 5 heteroatoms. The highest BCUT2D eigenvalue weighted by Crippen LogP contribution is 2.21. The van der Waals surface area contributed by atoms with Gasteiger partial charge in [0.05, 0.1) is 31.0 Å². The van der Waals surface area contributed by atoms with Gasteiger partial charge < -0.3 is 25.7 Å². The largest absolute Gasteiger partial charge is 0.394 e. The molecule has 5 nitrogen and oxygen atoms in total. The highest BCUT2D eigenvalue weighted by molar-refractivity contribution is 5.00. The topological polar surface area (TPSA) is 93.0 Å². The third-order valence-corrected chi connectivity index (χ3v) is 4.01. The van der Waals surface area contributed by atoms with Crippen molar-refractivity contribution in [3.05, 3.63) is 0 Å². The molecule has 0 aromatic carbocycles. The number of rotatable bonds is 9. The fraction of sp³-hybridized carbons (Fsp3) is 1.00. The van der Waals surface area contributed by atoms with Crippen LogP contribution in [0.1, 0.15) is 51.9 Å². The van der Waals surface area contributed by atoms with Gasteiger partial charge in [-0.3, -0.25) is 0 Å². The minimum atomic E-state index is -1.03. The molecule has 1 heterocycles. The lowest BCUT2D eigenvalue weighted by Gasteiger charge is -2.19. The maximum atomic E-state index is 9.91. The van der Waals surface area contributed by atoms with Gasteiger partial charge in [-0.05, 0) is 6.42 Å². The summed E-state index contributed by atoms with van der Waals surface area (Å²) in [6.45, 7) is 1.78. The molecule has 1 aliphatic rings. The predicted molar refractivity (Wildman–Crippen MR) is 73.8 cm³/mol. The molecule has 0 aliphatic carbocycles. The van der Waals surface area contributed by atoms with Crippen LogP contribution in [0.4, 0.5) is 0 Å². The van der Waals surface area contributed by atoms with E-state index in [1.807, 2.05) is 0 Å². The van der Waals surface area contributed by atoms with Crippen LogP contribution in [0.5, 0.6) is 0 Å². The maximum absolute atomic E-state index is 9.91. The molecule has 1 rings (SSSR count). The third kappa shape index (κ3) is 5.00. The molecule has 19 heavy (non-hydrogen) atoms. The van der Waals surface area contributed by atoms with E-state index >= 15 is 0 Å². The minimum absolute atomic E-state index is 0.188. The average molecular weight is 275 g/mol. The van der Waals surface area contributed by atoms with E-state index in [2.05, 4.69) is 12.2 Å². The van der Waals surface area contributed by atoms with Crippen molar-refractivity contribution >= 4 is 0 Å². The molecule has 0 unspecified atom stereocenters. The van der Waals surface area contributed by atoms with E-state index in [9.17, 15) is 15.3 Å². The van der Waals surface area contributed by atoms with E-state index in [1.165, 1.54) is 25.7 Å². The highest BCUT2D eigenvalue weighted by Gasteiger charge is 2.43. The number of hydrogen-bond acceptors (Lipinski definition) is 5. The zero-order valence-corrected chi connectivity index (χ0v) is 11.8. The molecule has 0 aromatic rings. The minimum Gasteiger partial charge on any atom is -0.394 e. The van der Waals surface area contributed by atoms with Gasteiger partial charge in [0.1, 0.15) is 0 Å². The number of aliphatic hydroxyl groups excluding tert-OH is 4. The Bertz CT molecular complexity index is 239. The molecule has 1 aliphatic heterocycles. The van der Waals surface area contributed by atoms with Crippen molar-refractivity contribution in [1.82, 2.24) is 5.32 Å². The SMILES string of the molecule is CCCCCCCC[C@@H]1N[C@@H]([C@H](O)CO)[C@H](O)[C@@H]1O. The van der Waals surface area contributed by atoms with Crippen molar-refractivity contribution in [3.8, 4) is 0 Å². The van der Waals surface area contributed by atoms with Crippen molar-refractivity contribution in [2.75, 3.05) is 6.61 Å². The van der Waals surface area contributed by atoms with Gasteiger partial charge in [0.25, 0.3) is 0 Å². The smallest absolute Gasteiger partial charge is 0.0993 e. The molecule has 114 valence electrons. The van der Waals surface area contributed by atoms with Gasteiger partial charge in [0.2, 0.25) is 0 Å². The summed E-state index contributed by atoms with van der Waals surface area (Å²) in [6.07, 6.45) is 5.01. The fourth-order valence-electron chi connectivity index (χ4n) is 2.75. The van der Waals surface area contributed by atoms with Crippen LogP contribution in [0.15, 0.2) is 0 Å². The normalized spacial score (nSPS) is 32.7. The van der Waals surface area contributed by atoms with E-state index in [4.69, 9.17) is 5.11 Å². The first-order valence-corrected chi connectivity index (χ1v) is 7.53. The van der Waals surface area contributed by atoms with Crippen molar-refractivity contribution in [3.63, 3.8) is 0 Å². The van der Waals surface area contributed by atoms with Crippen LogP contribution in [-0.4, -0.2) is 57.4 Å². The van der Waals surface area contributed by atoms with Gasteiger partial charge >= 0.3 is 0 Å². The standard InChI is InChI=1S/C14H29NO4/c1-2-3-4-5-6-7-8-10-13(18)14(19)12(15-10)11(17)9-16/h10-19H,2-9H2,1H3/t10-,11+,12-,13+,14-/m0/s1. The lowest BCUT2D eigenvalue weighted by molar-refractivity contribution is -0.0132. The summed E-state index contributed by atoms with van der Waals surface area (Å²) in [5, 5.41) is 41.2. The van der Waals surface area contributed by atoms with Gasteiger partial charge in [-0.2, -0.15) is 0 Å². The molecular formula is C14H29NO4. The molecule has 5 atom stereocenters. The summed E-state index contributed by atoms with van der Waals surface area (Å²) >= 11 is 0. The van der Waals surface area contributed by atoms with Gasteiger partial charge in [0, 0.05) is 6.04 Å². The lowest BCUT2D eigenvalue weighted by Crippen LogP contribution is -2.45. The monoisotopic (exact) mass is 275 g/mol. The summed E-state index contributed by atoms with van der Waals surface area (Å²) in [4.78, 5) is 0. The molecule has 1 fully saturated rings. The Morgan fingerprint density at radius 3 is 2.26 bits per heavy atom. The molecule has 0 aromatic heterocycles. The van der Waals surface area contributed by atoms with Crippen LogP contribution in [0.3, 0.4) is 0 Å². The van der Waals surface area contributed by atoms with Crippen LogP contribution >= 0.6 is 0 Å². The summed E-state index contributed by atoms with van der Waals surface area (Å²) in [6, 6.07) is -0.822. The second-order valence-electron chi connectivity index (χ2n) is 5.59. The zero-order valence-electron chi connectivity index (χ0n) is 11.8. The average Bonchev–Trinajstić information content (AvgIpc) is 2.70. The Kier molecular flexibility index (Phi) is 7.87. The molecule has 0 spiro atoms. The Hall–Kier alpha value is -0.200. The second kappa shape index (κ2) is 8.87. The van der Waals surface area contributed by atoms with E-state index in [0.717, 1.165) is 19.3 Å². The molecule has 0 saturated carbocycles. The van der Waals surface area contributed by atoms with E-state index in [0.29, 0.717) is 0 Å². The third-order valence-electron chi connectivity index (χ3n) is 4.01. The summed E-state index contributed by atoms with van der Waals surface area (Å²) in [5.41, 5.74) is 0. The quantitative estimate of drug-likeness (QED) is 0.386. The van der Waals surface area contributed by atoms with E-state index < -0.39 is 31.0 Å². The maximum Gasteiger partial charge on any atom is 0.0993 e. The molecule has 5 N–H and O–H groups in total. The zero-order chi connectivity index (χ0) is 14.3. The summed E-state index contributed by atoms with van der Waals surface area (Å²) in [5.74, 6) is 0. The van der Waals surface area contributed by atoms with Gasteiger partial charge in [-0.15, -0.1) is 0 Å². The van der Waals surface area contributed by atoms with Gasteiger partial charge in [-0.1, -0.05) is 45.4 Å². The van der Waals surface area contributed by atoms with E-state index in [1.54, 1.807) is 0 Å². The van der Waals surface area contributed by atoms with Crippen molar-refractivity contribution < 1.29 is 20.4 Å². The Balaban J connectivity index is 2.23. The number of hydrogen-bond donors (Lipinski definition) is 5. The number of nitrogens with one attached hydrogen (secondary N) is 1. The van der Waals surface area contributed by atoms with Crippen LogP contribution in [-0.2, 0) is 0 Å². The summed E-state index contributed by atoms with van der Waals surface area (Å²) in [7, 11) is 0. The molecule has 0 bridgehead atoms. The fourth-order valence-corrected chi connectivity index (χ4v) is 2.75. The summed E-state index contributed by atoms with van der Waals surface area (Å²) < 4.78 is 0. The van der Waals surface area contributed by atoms with Crippen LogP contribution in [0.2, 0.25) is 0 Å². The molecule has 0 amide bonds. The first kappa shape index (κ1) is 16.9. The van der Waals surface area contributed by atoms with Crippen LogP contribution in [0, 0.1) is 0 Å². The second-order valence-corrected chi connectivity index (χ2v) is 5.59. The van der Waals surface area contributed by atoms with Crippen molar-refractivity contribution in [2.24, 2.45) is 0 Å². The first-order chi connectivity index (χ1) is 9.11. The van der Waals surface area contributed by atoms with Crippen molar-refractivity contribution in [2.45, 2.75) is 82.3 Å². The lowest BCUT2D eigenvalue weighted by atomic mass is 10.0. The molecule has 1 saturated heterocycles. The number of aliphatic hydroxyl groups is 4. The first-order valence-electron chi connectivity index (χ1n) is 7.53. The Morgan fingerprint density at radius 1 is 1.00 bits per heavy atom. The van der Waals surface area contributed by atoms with Crippen LogP contribution in [0.25, 0.3) is 0 Å². The highest BCUT2D eigenvalue weighted by atomic mass is 16.3. The molecule has 0 radical (unpaired) electrons. The molecular weight excluding hydrogens is 246 g/mol.